The first-order valence-corrected chi connectivity index (χ1v) is 6.87. The number of nitrogens with one attached hydrogen (secondary N) is 1. The molecule has 0 heterocycles. The second-order valence-electron chi connectivity index (χ2n) is 5.23. The SMILES string of the molecule is CC(C)c1ccc(NC(=O)C([NH3+])c2ccccc2)cc1. The van der Waals surface area contributed by atoms with Crippen molar-refractivity contribution in [2.24, 2.45) is 0 Å². The summed E-state index contributed by atoms with van der Waals surface area (Å²) in [6.45, 7) is 4.30. The molecule has 1 unspecified atom stereocenters. The molecule has 1 atom stereocenters. The van der Waals surface area contributed by atoms with Gasteiger partial charge in [0.05, 0.1) is 0 Å². The Labute approximate surface area is 119 Å². The van der Waals surface area contributed by atoms with Crippen LogP contribution in [0.4, 0.5) is 5.69 Å². The van der Waals surface area contributed by atoms with Crippen molar-refractivity contribution in [3.8, 4) is 0 Å². The number of hydrogen-bond acceptors (Lipinski definition) is 1. The Morgan fingerprint density at radius 1 is 0.950 bits per heavy atom. The summed E-state index contributed by atoms with van der Waals surface area (Å²) in [5.74, 6) is 0.401. The minimum Gasteiger partial charge on any atom is -0.343 e. The first kappa shape index (κ1) is 14.3. The van der Waals surface area contributed by atoms with Crippen LogP contribution in [0.2, 0.25) is 0 Å². The zero-order valence-corrected chi connectivity index (χ0v) is 12.0. The number of carbonyl (C=O) groups excluding carboxylic acids is 1. The number of quaternary nitrogens is 1. The van der Waals surface area contributed by atoms with Gasteiger partial charge in [0.2, 0.25) is 0 Å². The van der Waals surface area contributed by atoms with E-state index >= 15 is 0 Å². The van der Waals surface area contributed by atoms with Gasteiger partial charge >= 0.3 is 0 Å². The van der Waals surface area contributed by atoms with Gasteiger partial charge in [-0.15, -0.1) is 0 Å². The number of anilines is 1. The lowest BCUT2D eigenvalue weighted by Crippen LogP contribution is -2.58. The number of benzene rings is 2. The molecule has 2 rings (SSSR count). The Balaban J connectivity index is 2.04. The largest absolute Gasteiger partial charge is 0.343 e. The van der Waals surface area contributed by atoms with Crippen LogP contribution in [-0.4, -0.2) is 5.91 Å². The smallest absolute Gasteiger partial charge is 0.287 e. The topological polar surface area (TPSA) is 56.7 Å². The molecule has 0 aliphatic carbocycles. The molecule has 4 N–H and O–H groups in total. The first-order chi connectivity index (χ1) is 9.58. The number of carbonyl (C=O) groups is 1. The summed E-state index contributed by atoms with van der Waals surface area (Å²) in [5, 5.41) is 2.90. The fourth-order valence-corrected chi connectivity index (χ4v) is 2.02. The van der Waals surface area contributed by atoms with Crippen LogP contribution in [0, 0.1) is 0 Å². The van der Waals surface area contributed by atoms with Crippen LogP contribution < -0.4 is 11.1 Å². The van der Waals surface area contributed by atoms with Crippen LogP contribution in [0.1, 0.15) is 36.9 Å². The predicted octanol–water partition coefficient (Wildman–Crippen LogP) is 2.73. The van der Waals surface area contributed by atoms with Gasteiger partial charge in [0.15, 0.2) is 6.04 Å². The van der Waals surface area contributed by atoms with Gasteiger partial charge in [0.1, 0.15) is 0 Å². The second-order valence-corrected chi connectivity index (χ2v) is 5.23. The third-order valence-corrected chi connectivity index (χ3v) is 3.36. The molecule has 0 spiro atoms. The van der Waals surface area contributed by atoms with Crippen molar-refractivity contribution in [3.63, 3.8) is 0 Å². The normalized spacial score (nSPS) is 12.2. The maximum Gasteiger partial charge on any atom is 0.287 e. The molecule has 0 bridgehead atoms. The van der Waals surface area contributed by atoms with Crippen molar-refractivity contribution >= 4 is 11.6 Å². The summed E-state index contributed by atoms with van der Waals surface area (Å²) in [4.78, 5) is 12.2. The van der Waals surface area contributed by atoms with Crippen LogP contribution in [0.25, 0.3) is 0 Å². The van der Waals surface area contributed by atoms with E-state index in [1.54, 1.807) is 0 Å². The summed E-state index contributed by atoms with van der Waals surface area (Å²) in [5.41, 5.74) is 6.93. The average molecular weight is 269 g/mol. The second kappa shape index (κ2) is 6.35. The van der Waals surface area contributed by atoms with E-state index in [1.165, 1.54) is 5.56 Å². The summed E-state index contributed by atoms with van der Waals surface area (Å²) in [6, 6.07) is 17.1. The van der Waals surface area contributed by atoms with E-state index in [9.17, 15) is 4.79 Å². The lowest BCUT2D eigenvalue weighted by atomic mass is 10.0. The fraction of sp³-hybridized carbons (Fsp3) is 0.235. The Morgan fingerprint density at radius 2 is 1.55 bits per heavy atom. The van der Waals surface area contributed by atoms with Gasteiger partial charge in [-0.05, 0) is 23.6 Å². The fourth-order valence-electron chi connectivity index (χ4n) is 2.02. The molecule has 0 saturated carbocycles. The molecule has 0 aliphatic heterocycles. The van der Waals surface area contributed by atoms with Crippen LogP contribution in [0.5, 0.6) is 0 Å². The maximum absolute atomic E-state index is 12.2. The van der Waals surface area contributed by atoms with Gasteiger partial charge in [0.25, 0.3) is 5.91 Å². The molecule has 3 nitrogen and oxygen atoms in total. The van der Waals surface area contributed by atoms with E-state index in [1.807, 2.05) is 54.6 Å². The van der Waals surface area contributed by atoms with Crippen LogP contribution >= 0.6 is 0 Å². The molecular weight excluding hydrogens is 248 g/mol. The monoisotopic (exact) mass is 269 g/mol. The third-order valence-electron chi connectivity index (χ3n) is 3.36. The molecule has 0 aromatic heterocycles. The van der Waals surface area contributed by atoms with Crippen molar-refractivity contribution in [1.29, 1.82) is 0 Å². The molecule has 1 amide bonds. The zero-order chi connectivity index (χ0) is 14.5. The molecule has 104 valence electrons. The highest BCUT2D eigenvalue weighted by atomic mass is 16.2. The van der Waals surface area contributed by atoms with E-state index in [0.717, 1.165) is 11.3 Å². The molecule has 0 saturated heterocycles. The number of rotatable bonds is 4. The summed E-state index contributed by atoms with van der Waals surface area (Å²) in [6.07, 6.45) is 0. The highest BCUT2D eigenvalue weighted by Gasteiger charge is 2.19. The minimum atomic E-state index is -0.402. The van der Waals surface area contributed by atoms with Crippen LogP contribution in [0.3, 0.4) is 0 Å². The van der Waals surface area contributed by atoms with Crippen molar-refractivity contribution in [2.45, 2.75) is 25.8 Å². The van der Waals surface area contributed by atoms with Crippen molar-refractivity contribution in [2.75, 3.05) is 5.32 Å². The van der Waals surface area contributed by atoms with E-state index in [4.69, 9.17) is 0 Å². The lowest BCUT2D eigenvalue weighted by molar-refractivity contribution is -0.408. The lowest BCUT2D eigenvalue weighted by Gasteiger charge is -2.11. The van der Waals surface area contributed by atoms with Crippen molar-refractivity contribution < 1.29 is 10.5 Å². The van der Waals surface area contributed by atoms with Gasteiger partial charge in [-0.25, -0.2) is 0 Å². The average Bonchev–Trinajstić information content (AvgIpc) is 2.48. The molecular formula is C17H21N2O+. The van der Waals surface area contributed by atoms with E-state index in [2.05, 4.69) is 24.9 Å². The van der Waals surface area contributed by atoms with E-state index < -0.39 is 6.04 Å². The molecule has 2 aromatic carbocycles. The Morgan fingerprint density at radius 3 is 2.10 bits per heavy atom. The highest BCUT2D eigenvalue weighted by Crippen LogP contribution is 2.18. The predicted molar refractivity (Wildman–Crippen MR) is 81.2 cm³/mol. The first-order valence-electron chi connectivity index (χ1n) is 6.87. The quantitative estimate of drug-likeness (QED) is 0.881. The van der Waals surface area contributed by atoms with Gasteiger partial charge in [-0.2, -0.15) is 0 Å². The van der Waals surface area contributed by atoms with Crippen LogP contribution in [-0.2, 0) is 4.79 Å². The molecule has 20 heavy (non-hydrogen) atoms. The highest BCUT2D eigenvalue weighted by molar-refractivity contribution is 5.94. The zero-order valence-electron chi connectivity index (χ0n) is 12.0. The molecule has 2 aromatic rings. The van der Waals surface area contributed by atoms with E-state index in [-0.39, 0.29) is 5.91 Å². The Bertz CT molecular complexity index is 561. The Kier molecular flexibility index (Phi) is 4.53. The summed E-state index contributed by atoms with van der Waals surface area (Å²) < 4.78 is 0. The van der Waals surface area contributed by atoms with Gasteiger partial charge in [-0.3, -0.25) is 4.79 Å². The third kappa shape index (κ3) is 3.45. The molecule has 0 radical (unpaired) electrons. The molecule has 0 aliphatic rings. The van der Waals surface area contributed by atoms with Gasteiger partial charge in [-0.1, -0.05) is 56.3 Å². The maximum atomic E-state index is 12.2. The van der Waals surface area contributed by atoms with Crippen LogP contribution in [0.15, 0.2) is 54.6 Å². The molecule has 3 heteroatoms. The molecule has 0 fully saturated rings. The van der Waals surface area contributed by atoms with Gasteiger partial charge in [0, 0.05) is 11.3 Å². The number of amides is 1. The summed E-state index contributed by atoms with van der Waals surface area (Å²) in [7, 11) is 0. The van der Waals surface area contributed by atoms with Crippen molar-refractivity contribution in [1.82, 2.24) is 0 Å². The van der Waals surface area contributed by atoms with Gasteiger partial charge < -0.3 is 11.1 Å². The standard InChI is InChI=1S/C17H20N2O/c1-12(2)13-8-10-15(11-9-13)19-17(20)16(18)14-6-4-3-5-7-14/h3-12,16H,18H2,1-2H3,(H,19,20)/p+1. The number of hydrogen-bond donors (Lipinski definition) is 2. The minimum absolute atomic E-state index is 0.0894. The van der Waals surface area contributed by atoms with E-state index in [0.29, 0.717) is 5.92 Å². The van der Waals surface area contributed by atoms with Crippen molar-refractivity contribution in [3.05, 3.63) is 65.7 Å². The summed E-state index contributed by atoms with van der Waals surface area (Å²) >= 11 is 0. The Hall–Kier alpha value is -2.13.